The summed E-state index contributed by atoms with van der Waals surface area (Å²) in [5.74, 6) is 0.268. The van der Waals surface area contributed by atoms with Crippen LogP contribution in [-0.4, -0.2) is 21.0 Å². The van der Waals surface area contributed by atoms with Crippen LogP contribution in [-0.2, 0) is 0 Å². The van der Waals surface area contributed by atoms with Gasteiger partial charge in [0.05, 0.1) is 0 Å². The Labute approximate surface area is 132 Å². The fourth-order valence-electron chi connectivity index (χ4n) is 2.56. The average Bonchev–Trinajstić information content (AvgIpc) is 3.03. The first-order valence-corrected chi connectivity index (χ1v) is 7.10. The van der Waals surface area contributed by atoms with Gasteiger partial charge in [-0.15, -0.1) is 0 Å². The van der Waals surface area contributed by atoms with Gasteiger partial charge in [0.1, 0.15) is 17.7 Å². The Balaban J connectivity index is 2.06. The summed E-state index contributed by atoms with van der Waals surface area (Å²) in [5, 5.41) is 11.1. The van der Waals surface area contributed by atoms with Crippen molar-refractivity contribution >= 4 is 0 Å². The molecule has 2 aromatic carbocycles. The van der Waals surface area contributed by atoms with Crippen molar-refractivity contribution in [2.45, 2.75) is 6.04 Å². The molecule has 0 aliphatic rings. The van der Waals surface area contributed by atoms with Crippen LogP contribution in [0.25, 0.3) is 11.4 Å². The standard InChI is InChI=1S/C17H14FN3O2/c18-15-8-6-13(7-9-15)16(12-21(22)23)20-11-10-19-17(20)14-4-2-1-3-5-14/h1-11,16H,12H2. The second-order valence-corrected chi connectivity index (χ2v) is 5.11. The van der Waals surface area contributed by atoms with Crippen molar-refractivity contribution in [3.05, 3.63) is 88.5 Å². The Morgan fingerprint density at radius 3 is 2.48 bits per heavy atom. The summed E-state index contributed by atoms with van der Waals surface area (Å²) < 4.78 is 14.9. The van der Waals surface area contributed by atoms with Crippen LogP contribution in [0.2, 0.25) is 0 Å². The molecule has 0 radical (unpaired) electrons. The molecule has 1 unspecified atom stereocenters. The molecule has 5 nitrogen and oxygen atoms in total. The summed E-state index contributed by atoms with van der Waals surface area (Å²) >= 11 is 0. The predicted molar refractivity (Wildman–Crippen MR) is 84.1 cm³/mol. The van der Waals surface area contributed by atoms with E-state index in [1.165, 1.54) is 12.1 Å². The number of hydrogen-bond donors (Lipinski definition) is 0. The normalized spacial score (nSPS) is 12.0. The molecule has 0 N–H and O–H groups in total. The van der Waals surface area contributed by atoms with Crippen LogP contribution in [0.4, 0.5) is 4.39 Å². The molecule has 0 bridgehead atoms. The molecular formula is C17H14FN3O2. The maximum atomic E-state index is 13.1. The van der Waals surface area contributed by atoms with Gasteiger partial charge in [-0.25, -0.2) is 9.37 Å². The summed E-state index contributed by atoms with van der Waals surface area (Å²) in [6.07, 6.45) is 3.32. The Morgan fingerprint density at radius 2 is 1.83 bits per heavy atom. The van der Waals surface area contributed by atoms with Gasteiger partial charge < -0.3 is 4.57 Å². The Bertz CT molecular complexity index is 800. The smallest absolute Gasteiger partial charge is 0.228 e. The molecule has 0 fully saturated rings. The lowest BCUT2D eigenvalue weighted by atomic mass is 10.1. The van der Waals surface area contributed by atoms with E-state index in [1.54, 1.807) is 29.1 Å². The molecule has 0 spiro atoms. The van der Waals surface area contributed by atoms with E-state index in [0.29, 0.717) is 11.4 Å². The zero-order valence-electron chi connectivity index (χ0n) is 12.2. The zero-order valence-corrected chi connectivity index (χ0v) is 12.2. The Morgan fingerprint density at radius 1 is 1.13 bits per heavy atom. The van der Waals surface area contributed by atoms with E-state index in [0.717, 1.165) is 5.56 Å². The van der Waals surface area contributed by atoms with Crippen LogP contribution >= 0.6 is 0 Å². The summed E-state index contributed by atoms with van der Waals surface area (Å²) in [7, 11) is 0. The van der Waals surface area contributed by atoms with E-state index in [4.69, 9.17) is 0 Å². The second kappa shape index (κ2) is 6.39. The Kier molecular flexibility index (Phi) is 4.14. The van der Waals surface area contributed by atoms with Gasteiger partial charge in [-0.05, 0) is 17.7 Å². The van der Waals surface area contributed by atoms with Crippen LogP contribution < -0.4 is 0 Å². The second-order valence-electron chi connectivity index (χ2n) is 5.11. The SMILES string of the molecule is O=[N+]([O-])CC(c1ccc(F)cc1)n1ccnc1-c1ccccc1. The van der Waals surface area contributed by atoms with Crippen LogP contribution in [0.3, 0.4) is 0 Å². The minimum Gasteiger partial charge on any atom is -0.317 e. The topological polar surface area (TPSA) is 61.0 Å². The maximum Gasteiger partial charge on any atom is 0.228 e. The molecule has 1 heterocycles. The quantitative estimate of drug-likeness (QED) is 0.535. The van der Waals surface area contributed by atoms with Gasteiger partial charge >= 0.3 is 0 Å². The van der Waals surface area contributed by atoms with Crippen molar-refractivity contribution in [3.8, 4) is 11.4 Å². The van der Waals surface area contributed by atoms with Crippen molar-refractivity contribution in [2.24, 2.45) is 0 Å². The van der Waals surface area contributed by atoms with E-state index in [9.17, 15) is 14.5 Å². The van der Waals surface area contributed by atoms with Crippen molar-refractivity contribution in [3.63, 3.8) is 0 Å². The third-order valence-electron chi connectivity index (χ3n) is 3.61. The van der Waals surface area contributed by atoms with Gasteiger partial charge in [0.2, 0.25) is 6.54 Å². The van der Waals surface area contributed by atoms with Crippen molar-refractivity contribution in [1.29, 1.82) is 0 Å². The van der Waals surface area contributed by atoms with Crippen LogP contribution in [0.1, 0.15) is 11.6 Å². The van der Waals surface area contributed by atoms with E-state index in [1.807, 2.05) is 30.3 Å². The van der Waals surface area contributed by atoms with Gasteiger partial charge in [0.15, 0.2) is 0 Å². The van der Waals surface area contributed by atoms with Gasteiger partial charge in [-0.1, -0.05) is 42.5 Å². The molecule has 6 heteroatoms. The van der Waals surface area contributed by atoms with Crippen molar-refractivity contribution < 1.29 is 9.31 Å². The summed E-state index contributed by atoms with van der Waals surface area (Å²) in [6, 6.07) is 14.6. The molecule has 0 amide bonds. The molecule has 116 valence electrons. The lowest BCUT2D eigenvalue weighted by Crippen LogP contribution is -2.20. The van der Waals surface area contributed by atoms with Crippen LogP contribution in [0.15, 0.2) is 67.0 Å². The highest BCUT2D eigenvalue weighted by molar-refractivity contribution is 5.55. The van der Waals surface area contributed by atoms with Gasteiger partial charge in [-0.3, -0.25) is 10.1 Å². The Hall–Kier alpha value is -3.02. The van der Waals surface area contributed by atoms with Crippen molar-refractivity contribution in [2.75, 3.05) is 6.54 Å². The summed E-state index contributed by atoms with van der Waals surface area (Å²) in [4.78, 5) is 15.0. The van der Waals surface area contributed by atoms with Gasteiger partial charge in [-0.2, -0.15) is 0 Å². The summed E-state index contributed by atoms with van der Waals surface area (Å²) in [5.41, 5.74) is 1.53. The van der Waals surface area contributed by atoms with Gasteiger partial charge in [0.25, 0.3) is 0 Å². The molecule has 0 aliphatic heterocycles. The number of rotatable bonds is 5. The highest BCUT2D eigenvalue weighted by Gasteiger charge is 2.22. The lowest BCUT2D eigenvalue weighted by Gasteiger charge is -2.18. The highest BCUT2D eigenvalue weighted by atomic mass is 19.1. The van der Waals surface area contributed by atoms with Crippen LogP contribution in [0.5, 0.6) is 0 Å². The number of hydrogen-bond acceptors (Lipinski definition) is 3. The van der Waals surface area contributed by atoms with E-state index >= 15 is 0 Å². The van der Waals surface area contributed by atoms with Gasteiger partial charge in [0, 0.05) is 22.9 Å². The number of nitro groups is 1. The minimum atomic E-state index is -0.552. The van der Waals surface area contributed by atoms with Crippen molar-refractivity contribution in [1.82, 2.24) is 9.55 Å². The largest absolute Gasteiger partial charge is 0.317 e. The first-order valence-electron chi connectivity index (χ1n) is 7.10. The molecule has 0 saturated heterocycles. The number of aromatic nitrogens is 2. The fraction of sp³-hybridized carbons (Fsp3) is 0.118. The third-order valence-corrected chi connectivity index (χ3v) is 3.61. The molecular weight excluding hydrogens is 297 g/mol. The summed E-state index contributed by atoms with van der Waals surface area (Å²) in [6.45, 7) is -0.304. The van der Waals surface area contributed by atoms with E-state index in [2.05, 4.69) is 4.98 Å². The molecule has 23 heavy (non-hydrogen) atoms. The molecule has 3 aromatic rings. The molecule has 1 aromatic heterocycles. The number of imidazole rings is 1. The molecule has 3 rings (SSSR count). The number of benzene rings is 2. The average molecular weight is 311 g/mol. The highest BCUT2D eigenvalue weighted by Crippen LogP contribution is 2.26. The lowest BCUT2D eigenvalue weighted by molar-refractivity contribution is -0.484. The molecule has 0 aliphatic carbocycles. The first-order chi connectivity index (χ1) is 11.1. The molecule has 1 atom stereocenters. The van der Waals surface area contributed by atoms with E-state index < -0.39 is 6.04 Å². The molecule has 0 saturated carbocycles. The third kappa shape index (κ3) is 3.26. The number of nitrogens with zero attached hydrogens (tertiary/aromatic N) is 3. The monoisotopic (exact) mass is 311 g/mol. The van der Waals surface area contributed by atoms with Crippen LogP contribution in [0, 0.1) is 15.9 Å². The number of halogens is 1. The predicted octanol–water partition coefficient (Wildman–Crippen LogP) is 3.56. The first kappa shape index (κ1) is 14.9. The fourth-order valence-corrected chi connectivity index (χ4v) is 2.56. The minimum absolute atomic E-state index is 0.304. The maximum absolute atomic E-state index is 13.1. The zero-order chi connectivity index (χ0) is 16.2. The van der Waals surface area contributed by atoms with E-state index in [-0.39, 0.29) is 17.3 Å².